The molecule has 0 aromatic heterocycles. The van der Waals surface area contributed by atoms with Crippen molar-refractivity contribution in [2.24, 2.45) is 5.16 Å². The summed E-state index contributed by atoms with van der Waals surface area (Å²) >= 11 is 5.82. The Bertz CT molecular complexity index is 787. The van der Waals surface area contributed by atoms with Crippen LogP contribution in [-0.4, -0.2) is 18.7 Å². The van der Waals surface area contributed by atoms with Gasteiger partial charge in [0, 0.05) is 5.02 Å². The Kier molecular flexibility index (Phi) is 5.67. The highest BCUT2D eigenvalue weighted by Crippen LogP contribution is 2.20. The number of hydrogen-bond donors (Lipinski definition) is 1. The lowest BCUT2D eigenvalue weighted by atomic mass is 10.2. The number of oxime groups is 1. The summed E-state index contributed by atoms with van der Waals surface area (Å²) in [6.45, 7) is -0.358. The third-order valence-corrected chi connectivity index (χ3v) is 2.93. The zero-order valence-electron chi connectivity index (χ0n) is 11.8. The molecule has 116 valence electrons. The molecule has 1 N–H and O–H groups in total. The van der Waals surface area contributed by atoms with E-state index >= 15 is 0 Å². The van der Waals surface area contributed by atoms with E-state index in [1.54, 1.807) is 12.1 Å². The first kappa shape index (κ1) is 16.5. The van der Waals surface area contributed by atoms with Crippen LogP contribution in [0.3, 0.4) is 0 Å². The van der Waals surface area contributed by atoms with E-state index in [1.807, 2.05) is 6.07 Å². The van der Waals surface area contributed by atoms with E-state index in [2.05, 4.69) is 10.5 Å². The molecule has 0 spiro atoms. The van der Waals surface area contributed by atoms with Crippen LogP contribution in [0.4, 0.5) is 10.1 Å². The molecule has 2 rings (SSSR count). The van der Waals surface area contributed by atoms with Gasteiger partial charge in [-0.1, -0.05) is 28.9 Å². The molecular formula is C16H11ClFN3O2. The van der Waals surface area contributed by atoms with Gasteiger partial charge in [-0.05, 0) is 35.9 Å². The van der Waals surface area contributed by atoms with E-state index in [0.29, 0.717) is 16.3 Å². The van der Waals surface area contributed by atoms with E-state index < -0.39 is 11.7 Å². The molecule has 7 heteroatoms. The summed E-state index contributed by atoms with van der Waals surface area (Å²) in [6, 6.07) is 12.2. The SMILES string of the molecule is N#Cc1ccc(Cl)cc1NC(=O)CO/N=C\c1cccc(F)c1. The number of rotatable bonds is 5. The van der Waals surface area contributed by atoms with Gasteiger partial charge >= 0.3 is 0 Å². The van der Waals surface area contributed by atoms with Crippen molar-refractivity contribution in [1.82, 2.24) is 0 Å². The van der Waals surface area contributed by atoms with Crippen molar-refractivity contribution < 1.29 is 14.0 Å². The second-order valence-corrected chi connectivity index (χ2v) is 4.85. The van der Waals surface area contributed by atoms with Crippen LogP contribution in [0.2, 0.25) is 5.02 Å². The lowest BCUT2D eigenvalue weighted by Gasteiger charge is -2.06. The molecule has 0 aliphatic rings. The van der Waals surface area contributed by atoms with Crippen LogP contribution in [0.5, 0.6) is 0 Å². The number of nitriles is 1. The van der Waals surface area contributed by atoms with Crippen LogP contribution in [-0.2, 0) is 9.63 Å². The van der Waals surface area contributed by atoms with Gasteiger partial charge in [-0.2, -0.15) is 5.26 Å². The van der Waals surface area contributed by atoms with E-state index in [0.717, 1.165) is 0 Å². The van der Waals surface area contributed by atoms with Gasteiger partial charge in [-0.15, -0.1) is 0 Å². The molecule has 0 unspecified atom stereocenters. The Morgan fingerprint density at radius 3 is 2.96 bits per heavy atom. The molecular weight excluding hydrogens is 321 g/mol. The summed E-state index contributed by atoms with van der Waals surface area (Å²) < 4.78 is 12.9. The lowest BCUT2D eigenvalue weighted by molar-refractivity contribution is -0.120. The number of amides is 1. The number of anilines is 1. The molecule has 0 bridgehead atoms. The quantitative estimate of drug-likeness (QED) is 0.674. The summed E-state index contributed by atoms with van der Waals surface area (Å²) in [5, 5.41) is 15.4. The first-order chi connectivity index (χ1) is 11.1. The standard InChI is InChI=1S/C16H11ClFN3O2/c17-13-5-4-12(8-19)15(7-13)21-16(22)10-23-20-9-11-2-1-3-14(18)6-11/h1-7,9H,10H2,(H,21,22)/b20-9-. The van der Waals surface area contributed by atoms with Crippen molar-refractivity contribution in [3.05, 3.63) is 64.4 Å². The normalized spacial score (nSPS) is 10.3. The van der Waals surface area contributed by atoms with Gasteiger partial charge in [0.1, 0.15) is 11.9 Å². The zero-order chi connectivity index (χ0) is 16.7. The summed E-state index contributed by atoms with van der Waals surface area (Å²) in [4.78, 5) is 16.6. The van der Waals surface area contributed by atoms with Crippen molar-refractivity contribution in [2.45, 2.75) is 0 Å². The van der Waals surface area contributed by atoms with E-state index in [-0.39, 0.29) is 12.2 Å². The van der Waals surface area contributed by atoms with Crippen LogP contribution in [0, 0.1) is 17.1 Å². The van der Waals surface area contributed by atoms with Crippen molar-refractivity contribution in [3.63, 3.8) is 0 Å². The summed E-state index contributed by atoms with van der Waals surface area (Å²) in [5.41, 5.74) is 1.08. The minimum Gasteiger partial charge on any atom is -0.386 e. The van der Waals surface area contributed by atoms with Crippen molar-refractivity contribution in [2.75, 3.05) is 11.9 Å². The van der Waals surface area contributed by atoms with Gasteiger partial charge in [0.2, 0.25) is 0 Å². The van der Waals surface area contributed by atoms with Gasteiger partial charge in [-0.3, -0.25) is 4.79 Å². The summed E-state index contributed by atoms with van der Waals surface area (Å²) in [6.07, 6.45) is 1.29. The molecule has 0 aliphatic heterocycles. The number of carbonyl (C=O) groups is 1. The smallest absolute Gasteiger partial charge is 0.265 e. The molecule has 0 saturated carbocycles. The second-order valence-electron chi connectivity index (χ2n) is 4.41. The van der Waals surface area contributed by atoms with Crippen LogP contribution in [0.1, 0.15) is 11.1 Å². The first-order valence-electron chi connectivity index (χ1n) is 6.49. The zero-order valence-corrected chi connectivity index (χ0v) is 12.5. The highest BCUT2D eigenvalue weighted by atomic mass is 35.5. The van der Waals surface area contributed by atoms with Crippen molar-refractivity contribution in [3.8, 4) is 6.07 Å². The molecule has 23 heavy (non-hydrogen) atoms. The van der Waals surface area contributed by atoms with Crippen molar-refractivity contribution in [1.29, 1.82) is 5.26 Å². The number of nitrogens with one attached hydrogen (secondary N) is 1. The summed E-state index contributed by atoms with van der Waals surface area (Å²) in [7, 11) is 0. The fraction of sp³-hybridized carbons (Fsp3) is 0.0625. The molecule has 0 radical (unpaired) electrons. The Morgan fingerprint density at radius 1 is 1.39 bits per heavy atom. The van der Waals surface area contributed by atoms with Gasteiger partial charge in [-0.25, -0.2) is 4.39 Å². The fourth-order valence-corrected chi connectivity index (χ4v) is 1.86. The Hall–Kier alpha value is -2.91. The molecule has 2 aromatic carbocycles. The summed E-state index contributed by atoms with van der Waals surface area (Å²) in [5.74, 6) is -0.892. The lowest BCUT2D eigenvalue weighted by Crippen LogP contribution is -2.17. The predicted octanol–water partition coefficient (Wildman–Crippen LogP) is 3.34. The minimum atomic E-state index is -0.500. The molecule has 2 aromatic rings. The maximum Gasteiger partial charge on any atom is 0.265 e. The molecule has 0 aliphatic carbocycles. The van der Waals surface area contributed by atoms with Crippen LogP contribution >= 0.6 is 11.6 Å². The minimum absolute atomic E-state index is 0.283. The average molecular weight is 332 g/mol. The maximum atomic E-state index is 12.9. The molecule has 1 amide bonds. The molecule has 0 heterocycles. The Morgan fingerprint density at radius 2 is 2.22 bits per heavy atom. The molecule has 0 atom stereocenters. The van der Waals surface area contributed by atoms with Gasteiger partial charge in [0.05, 0.1) is 17.5 Å². The van der Waals surface area contributed by atoms with Gasteiger partial charge in [0.25, 0.3) is 5.91 Å². The van der Waals surface area contributed by atoms with E-state index in [9.17, 15) is 9.18 Å². The number of halogens is 2. The topological polar surface area (TPSA) is 74.5 Å². The van der Waals surface area contributed by atoms with Crippen LogP contribution in [0.25, 0.3) is 0 Å². The number of carbonyl (C=O) groups excluding carboxylic acids is 1. The Balaban J connectivity index is 1.89. The Labute approximate surface area is 136 Å². The number of hydrogen-bond acceptors (Lipinski definition) is 4. The fourth-order valence-electron chi connectivity index (χ4n) is 1.68. The highest BCUT2D eigenvalue weighted by Gasteiger charge is 2.08. The van der Waals surface area contributed by atoms with Crippen LogP contribution in [0.15, 0.2) is 47.6 Å². The van der Waals surface area contributed by atoms with E-state index in [1.165, 1.54) is 36.5 Å². The largest absolute Gasteiger partial charge is 0.386 e. The second kappa shape index (κ2) is 7.92. The monoisotopic (exact) mass is 331 g/mol. The van der Waals surface area contributed by atoms with Crippen molar-refractivity contribution >= 4 is 29.4 Å². The van der Waals surface area contributed by atoms with E-state index in [4.69, 9.17) is 21.7 Å². The van der Waals surface area contributed by atoms with Gasteiger partial charge < -0.3 is 10.2 Å². The van der Waals surface area contributed by atoms with Gasteiger partial charge in [0.15, 0.2) is 6.61 Å². The highest BCUT2D eigenvalue weighted by molar-refractivity contribution is 6.31. The van der Waals surface area contributed by atoms with Crippen LogP contribution < -0.4 is 5.32 Å². The third kappa shape index (κ3) is 5.09. The number of nitrogens with zero attached hydrogens (tertiary/aromatic N) is 2. The first-order valence-corrected chi connectivity index (χ1v) is 6.86. The number of benzene rings is 2. The average Bonchev–Trinajstić information content (AvgIpc) is 2.52. The predicted molar refractivity (Wildman–Crippen MR) is 84.7 cm³/mol. The molecule has 0 saturated heterocycles. The molecule has 0 fully saturated rings. The molecule has 5 nitrogen and oxygen atoms in total. The third-order valence-electron chi connectivity index (χ3n) is 2.70. The maximum absolute atomic E-state index is 12.9.